The number of halogens is 1. The van der Waals surface area contributed by atoms with Crippen LogP contribution in [0.15, 0.2) is 29.4 Å². The number of carbonyl (C=O) groups excluding carboxylic acids is 2. The van der Waals surface area contributed by atoms with Gasteiger partial charge < -0.3 is 24.9 Å². The molecule has 1 unspecified atom stereocenters. The van der Waals surface area contributed by atoms with Crippen LogP contribution in [0.25, 0.3) is 0 Å². The number of ether oxygens (including phenoxy) is 1. The van der Waals surface area contributed by atoms with E-state index in [4.69, 9.17) is 19.7 Å². The van der Waals surface area contributed by atoms with Crippen molar-refractivity contribution >= 4 is 17.5 Å². The molecule has 0 spiro atoms. The van der Waals surface area contributed by atoms with Crippen molar-refractivity contribution in [2.24, 2.45) is 11.1 Å². The standard InChI is InChI=1S/C27H33FN4O5/c1-4-19-16(2)30-22(12-20(19)27(35)29-14-17-5-6-21(28)25(11-17)36-3)23-13-24(37-31-23)18-7-9-32(10-8-18)26(34)15-33/h5-6,11-12,18,24,33H,4,7-10,13-15H2,1-3H3,(H,29,35). The highest BCUT2D eigenvalue weighted by molar-refractivity contribution is 6.03. The number of aromatic nitrogens is 1. The van der Waals surface area contributed by atoms with Crippen LogP contribution in [0.3, 0.4) is 0 Å². The second-order valence-corrected chi connectivity index (χ2v) is 9.39. The third-order valence-electron chi connectivity index (χ3n) is 7.14. The molecule has 37 heavy (non-hydrogen) atoms. The average Bonchev–Trinajstić information content (AvgIpc) is 3.42. The van der Waals surface area contributed by atoms with Gasteiger partial charge in [-0.2, -0.15) is 0 Å². The van der Waals surface area contributed by atoms with Crippen molar-refractivity contribution in [3.05, 3.63) is 58.2 Å². The summed E-state index contributed by atoms with van der Waals surface area (Å²) >= 11 is 0. The number of piperidine rings is 1. The smallest absolute Gasteiger partial charge is 0.251 e. The number of aliphatic hydroxyl groups excluding tert-OH is 1. The maximum Gasteiger partial charge on any atom is 0.251 e. The number of hydrogen-bond donors (Lipinski definition) is 2. The Morgan fingerprint density at radius 2 is 2.03 bits per heavy atom. The van der Waals surface area contributed by atoms with E-state index in [2.05, 4.69) is 10.5 Å². The Morgan fingerprint density at radius 1 is 1.27 bits per heavy atom. The molecule has 2 N–H and O–H groups in total. The van der Waals surface area contributed by atoms with Crippen LogP contribution in [0.2, 0.25) is 0 Å². The number of rotatable bonds is 8. The Kier molecular flexibility index (Phi) is 8.38. The zero-order chi connectivity index (χ0) is 26.5. The van der Waals surface area contributed by atoms with Gasteiger partial charge in [0.1, 0.15) is 18.4 Å². The van der Waals surface area contributed by atoms with E-state index in [0.29, 0.717) is 42.9 Å². The first kappa shape index (κ1) is 26.5. The number of methoxy groups -OCH3 is 1. The lowest BCUT2D eigenvalue weighted by molar-refractivity contribution is -0.136. The van der Waals surface area contributed by atoms with Crippen molar-refractivity contribution < 1.29 is 28.7 Å². The fourth-order valence-corrected chi connectivity index (χ4v) is 5.01. The van der Waals surface area contributed by atoms with Gasteiger partial charge in [0.15, 0.2) is 11.6 Å². The van der Waals surface area contributed by atoms with Crippen LogP contribution in [0.5, 0.6) is 5.75 Å². The molecule has 1 aromatic heterocycles. The molecule has 10 heteroatoms. The fourth-order valence-electron chi connectivity index (χ4n) is 5.01. The summed E-state index contributed by atoms with van der Waals surface area (Å²) in [6.45, 7) is 4.79. The SMILES string of the molecule is CCc1c(C(=O)NCc2ccc(F)c(OC)c2)cc(C2=NOC(C3CCN(C(=O)CO)CC3)C2)nc1C. The number of pyridine rings is 1. The molecule has 198 valence electrons. The van der Waals surface area contributed by atoms with E-state index in [-0.39, 0.29) is 36.1 Å². The molecule has 1 aromatic carbocycles. The van der Waals surface area contributed by atoms with Gasteiger partial charge in [-0.1, -0.05) is 18.1 Å². The number of amides is 2. The predicted octanol–water partition coefficient (Wildman–Crippen LogP) is 2.75. The molecular weight excluding hydrogens is 479 g/mol. The third-order valence-corrected chi connectivity index (χ3v) is 7.14. The van der Waals surface area contributed by atoms with Gasteiger partial charge in [-0.3, -0.25) is 14.6 Å². The highest BCUT2D eigenvalue weighted by Crippen LogP contribution is 2.30. The van der Waals surface area contributed by atoms with Crippen molar-refractivity contribution in [3.63, 3.8) is 0 Å². The highest BCUT2D eigenvalue weighted by Gasteiger charge is 2.34. The first-order valence-corrected chi connectivity index (χ1v) is 12.6. The van der Waals surface area contributed by atoms with Gasteiger partial charge >= 0.3 is 0 Å². The van der Waals surface area contributed by atoms with E-state index < -0.39 is 12.4 Å². The zero-order valence-electron chi connectivity index (χ0n) is 21.4. The Balaban J connectivity index is 1.44. The summed E-state index contributed by atoms with van der Waals surface area (Å²) in [6.07, 6.45) is 2.67. The number of carbonyl (C=O) groups is 2. The molecule has 9 nitrogen and oxygen atoms in total. The van der Waals surface area contributed by atoms with Crippen LogP contribution in [0.1, 0.15) is 59.1 Å². The lowest BCUT2D eigenvalue weighted by atomic mass is 9.88. The largest absolute Gasteiger partial charge is 0.494 e. The van der Waals surface area contributed by atoms with Crippen LogP contribution >= 0.6 is 0 Å². The minimum Gasteiger partial charge on any atom is -0.494 e. The first-order chi connectivity index (χ1) is 17.8. The minimum atomic E-state index is -0.468. The summed E-state index contributed by atoms with van der Waals surface area (Å²) in [6, 6.07) is 6.25. The summed E-state index contributed by atoms with van der Waals surface area (Å²) in [7, 11) is 1.40. The second-order valence-electron chi connectivity index (χ2n) is 9.39. The van der Waals surface area contributed by atoms with Crippen LogP contribution in [-0.4, -0.2) is 65.4 Å². The van der Waals surface area contributed by atoms with Crippen LogP contribution in [0.4, 0.5) is 4.39 Å². The van der Waals surface area contributed by atoms with Gasteiger partial charge in [0, 0.05) is 43.2 Å². The van der Waals surface area contributed by atoms with Gasteiger partial charge in [-0.25, -0.2) is 4.39 Å². The van der Waals surface area contributed by atoms with Gasteiger partial charge in [-0.15, -0.1) is 0 Å². The highest BCUT2D eigenvalue weighted by atomic mass is 19.1. The molecular formula is C27H33FN4O5. The lowest BCUT2D eigenvalue weighted by Gasteiger charge is -2.33. The Bertz CT molecular complexity index is 1190. The molecule has 1 fully saturated rings. The van der Waals surface area contributed by atoms with E-state index in [9.17, 15) is 14.0 Å². The Hall–Kier alpha value is -3.53. The zero-order valence-corrected chi connectivity index (χ0v) is 21.4. The molecule has 1 atom stereocenters. The topological polar surface area (TPSA) is 113 Å². The van der Waals surface area contributed by atoms with Crippen LogP contribution in [-0.2, 0) is 22.6 Å². The Morgan fingerprint density at radius 3 is 2.70 bits per heavy atom. The number of benzene rings is 1. The summed E-state index contributed by atoms with van der Waals surface area (Å²) < 4.78 is 18.7. The maximum absolute atomic E-state index is 13.7. The number of nitrogens with one attached hydrogen (secondary N) is 1. The van der Waals surface area contributed by atoms with Gasteiger partial charge in [0.25, 0.3) is 5.91 Å². The number of likely N-dealkylation sites (tertiary alicyclic amines) is 1. The summed E-state index contributed by atoms with van der Waals surface area (Å²) in [4.78, 5) is 37.1. The van der Waals surface area contributed by atoms with E-state index in [0.717, 1.165) is 29.7 Å². The number of nitrogens with zero attached hydrogens (tertiary/aromatic N) is 3. The fraction of sp³-hybridized carbons (Fsp3) is 0.481. The lowest BCUT2D eigenvalue weighted by Crippen LogP contribution is -2.42. The van der Waals surface area contributed by atoms with Gasteiger partial charge in [0.2, 0.25) is 5.91 Å². The second kappa shape index (κ2) is 11.7. The van der Waals surface area contributed by atoms with Crippen molar-refractivity contribution in [1.82, 2.24) is 15.2 Å². The number of aryl methyl sites for hydroxylation is 1. The number of aliphatic hydroxyl groups is 1. The molecule has 4 rings (SSSR count). The van der Waals surface area contributed by atoms with E-state index >= 15 is 0 Å². The van der Waals surface area contributed by atoms with Crippen molar-refractivity contribution in [2.75, 3.05) is 26.8 Å². The third kappa shape index (κ3) is 5.90. The first-order valence-electron chi connectivity index (χ1n) is 12.6. The van der Waals surface area contributed by atoms with Gasteiger partial charge in [-0.05, 0) is 55.5 Å². The molecule has 1 saturated heterocycles. The normalized spacial score (nSPS) is 17.8. The summed E-state index contributed by atoms with van der Waals surface area (Å²) in [5, 5.41) is 16.3. The van der Waals surface area contributed by atoms with E-state index in [1.165, 1.54) is 13.2 Å². The molecule has 2 amide bonds. The molecule has 3 heterocycles. The molecule has 0 bridgehead atoms. The summed E-state index contributed by atoms with van der Waals surface area (Å²) in [5.41, 5.74) is 4.17. The summed E-state index contributed by atoms with van der Waals surface area (Å²) in [5.74, 6) is -0.577. The van der Waals surface area contributed by atoms with E-state index in [1.807, 2.05) is 13.8 Å². The van der Waals surface area contributed by atoms with Crippen LogP contribution < -0.4 is 10.1 Å². The van der Waals surface area contributed by atoms with Crippen LogP contribution in [0, 0.1) is 18.7 Å². The number of hydrogen-bond acceptors (Lipinski definition) is 7. The molecule has 2 aliphatic rings. The predicted molar refractivity (Wildman–Crippen MR) is 135 cm³/mol. The molecule has 2 aliphatic heterocycles. The quantitative estimate of drug-likeness (QED) is 0.562. The monoisotopic (exact) mass is 512 g/mol. The molecule has 2 aromatic rings. The van der Waals surface area contributed by atoms with Crippen molar-refractivity contribution in [3.8, 4) is 5.75 Å². The molecule has 0 saturated carbocycles. The van der Waals surface area contributed by atoms with Crippen molar-refractivity contribution in [2.45, 2.75) is 52.2 Å². The van der Waals surface area contributed by atoms with Crippen molar-refractivity contribution in [1.29, 1.82) is 0 Å². The molecule has 0 radical (unpaired) electrons. The molecule has 0 aliphatic carbocycles. The minimum absolute atomic E-state index is 0.111. The average molecular weight is 513 g/mol. The maximum atomic E-state index is 13.7. The van der Waals surface area contributed by atoms with E-state index in [1.54, 1.807) is 23.1 Å². The van der Waals surface area contributed by atoms with Gasteiger partial charge in [0.05, 0.1) is 12.8 Å². The Labute approximate surface area is 215 Å². The number of oxime groups is 1.